The van der Waals surface area contributed by atoms with Crippen molar-refractivity contribution in [3.63, 3.8) is 0 Å². The van der Waals surface area contributed by atoms with E-state index in [2.05, 4.69) is 15.0 Å². The van der Waals surface area contributed by atoms with Gasteiger partial charge in [0.05, 0.1) is 23.8 Å². The molecule has 202 valence electrons. The van der Waals surface area contributed by atoms with Crippen molar-refractivity contribution in [3.8, 4) is 6.01 Å². The van der Waals surface area contributed by atoms with Gasteiger partial charge < -0.3 is 19.3 Å². The number of ether oxygens (including phenoxy) is 2. The molecule has 9 nitrogen and oxygen atoms in total. The van der Waals surface area contributed by atoms with Crippen LogP contribution in [-0.4, -0.2) is 88.4 Å². The summed E-state index contributed by atoms with van der Waals surface area (Å²) < 4.78 is 39.5. The van der Waals surface area contributed by atoms with Crippen LogP contribution in [0.3, 0.4) is 0 Å². The molecular weight excluding hydrogens is 506 g/mol. The summed E-state index contributed by atoms with van der Waals surface area (Å²) in [5.41, 5.74) is 0.0715. The molecule has 4 rings (SSSR count). The van der Waals surface area contributed by atoms with Crippen molar-refractivity contribution >= 4 is 34.4 Å². The van der Waals surface area contributed by atoms with E-state index >= 15 is 4.39 Å². The first-order chi connectivity index (χ1) is 17.4. The summed E-state index contributed by atoms with van der Waals surface area (Å²) in [5, 5.41) is 0.0737. The van der Waals surface area contributed by atoms with Crippen LogP contribution < -0.4 is 9.64 Å². The number of rotatable bonds is 5. The summed E-state index contributed by atoms with van der Waals surface area (Å²) in [5.74, 6) is -0.355. The Morgan fingerprint density at radius 3 is 2.73 bits per heavy atom. The number of hydrogen-bond donors (Lipinski definition) is 0. The fourth-order valence-electron chi connectivity index (χ4n) is 4.92. The highest BCUT2D eigenvalue weighted by Crippen LogP contribution is 2.34. The maximum atomic E-state index is 15.0. The molecule has 2 aliphatic heterocycles. The van der Waals surface area contributed by atoms with Crippen molar-refractivity contribution in [1.29, 1.82) is 0 Å². The molecule has 0 N–H and O–H groups in total. The Morgan fingerprint density at radius 2 is 2.08 bits per heavy atom. The number of amides is 1. The van der Waals surface area contributed by atoms with Crippen LogP contribution in [0, 0.1) is 5.82 Å². The molecule has 0 aromatic carbocycles. The Hall–Kier alpha value is -2.79. The molecule has 0 bridgehead atoms. The summed E-state index contributed by atoms with van der Waals surface area (Å²) in [6, 6.07) is -0.408. The molecule has 4 heterocycles. The Bertz CT molecular complexity index is 1210. The minimum Gasteiger partial charge on any atom is -0.462 e. The molecule has 0 unspecified atom stereocenters. The first-order valence-corrected chi connectivity index (χ1v) is 12.6. The number of carbonyl (C=O) groups excluding carboxylic acids is 1. The van der Waals surface area contributed by atoms with E-state index in [1.165, 1.54) is 6.20 Å². The fourth-order valence-corrected chi connectivity index (χ4v) is 5.06. The van der Waals surface area contributed by atoms with Crippen molar-refractivity contribution < 1.29 is 23.0 Å². The molecule has 2 fully saturated rings. The summed E-state index contributed by atoms with van der Waals surface area (Å²) in [4.78, 5) is 31.1. The molecule has 2 aromatic heterocycles. The van der Waals surface area contributed by atoms with Gasteiger partial charge in [-0.3, -0.25) is 4.90 Å². The number of halogens is 3. The Labute approximate surface area is 220 Å². The number of carbonyl (C=O) groups is 1. The smallest absolute Gasteiger partial charge is 0.410 e. The number of likely N-dealkylation sites (tertiary alicyclic amines) is 2. The van der Waals surface area contributed by atoms with E-state index in [9.17, 15) is 9.18 Å². The van der Waals surface area contributed by atoms with E-state index in [4.69, 9.17) is 21.1 Å². The van der Waals surface area contributed by atoms with Crippen molar-refractivity contribution in [2.75, 3.05) is 38.7 Å². The number of pyridine rings is 1. The normalized spacial score (nSPS) is 23.8. The lowest BCUT2D eigenvalue weighted by atomic mass is 10.1. The molecule has 2 aliphatic rings. The van der Waals surface area contributed by atoms with E-state index in [0.717, 1.165) is 0 Å². The third-order valence-corrected chi connectivity index (χ3v) is 7.17. The second-order valence-corrected chi connectivity index (χ2v) is 11.0. The lowest BCUT2D eigenvalue weighted by molar-refractivity contribution is 0.0233. The molecule has 37 heavy (non-hydrogen) atoms. The number of fused-ring (bicyclic) bond motifs is 1. The molecule has 2 saturated heterocycles. The highest BCUT2D eigenvalue weighted by molar-refractivity contribution is 6.30. The lowest BCUT2D eigenvalue weighted by Crippen LogP contribution is -2.45. The third-order valence-electron chi connectivity index (χ3n) is 6.91. The van der Waals surface area contributed by atoms with Gasteiger partial charge >= 0.3 is 12.1 Å². The number of aromatic nitrogens is 3. The quantitative estimate of drug-likeness (QED) is 0.511. The fraction of sp³-hybridized carbons (Fsp3) is 0.600. The van der Waals surface area contributed by atoms with Crippen LogP contribution in [0.15, 0.2) is 18.1 Å². The Kier molecular flexibility index (Phi) is 7.75. The first-order valence-electron chi connectivity index (χ1n) is 12.2. The van der Waals surface area contributed by atoms with E-state index in [1.807, 2.05) is 51.6 Å². The minimum atomic E-state index is -0.767. The standard InChI is InChI=1S/C25H33ClF2N6O3/c1-14-18(7-8-34(14)24(35)37-25(2,3)4)33(6)22-17-11-29-21(26)19(28)20(17)30-23(31-22)36-13-16-9-15(10-27)12-32(16)5/h10-11,14,16,18H,7-9,12-13H2,1-6H3/b15-10+/t14-,16-,18-/m1/s1. The van der Waals surface area contributed by atoms with Crippen LogP contribution >= 0.6 is 11.6 Å². The van der Waals surface area contributed by atoms with E-state index < -0.39 is 11.4 Å². The van der Waals surface area contributed by atoms with Crippen molar-refractivity contribution in [3.05, 3.63) is 29.1 Å². The molecular formula is C25H33ClF2N6O3. The molecule has 0 aliphatic carbocycles. The minimum absolute atomic E-state index is 0.00869. The largest absolute Gasteiger partial charge is 0.462 e. The van der Waals surface area contributed by atoms with Gasteiger partial charge in [-0.05, 0) is 53.2 Å². The summed E-state index contributed by atoms with van der Waals surface area (Å²) in [6.07, 6.45) is 2.87. The van der Waals surface area contributed by atoms with Crippen LogP contribution in [0.25, 0.3) is 10.9 Å². The second-order valence-electron chi connectivity index (χ2n) is 10.7. The van der Waals surface area contributed by atoms with Gasteiger partial charge in [-0.15, -0.1) is 0 Å². The second kappa shape index (κ2) is 10.5. The number of hydrogen-bond acceptors (Lipinski definition) is 8. The maximum Gasteiger partial charge on any atom is 0.410 e. The summed E-state index contributed by atoms with van der Waals surface area (Å²) >= 11 is 5.95. The number of anilines is 1. The monoisotopic (exact) mass is 538 g/mol. The Balaban J connectivity index is 1.62. The van der Waals surface area contributed by atoms with E-state index in [1.54, 1.807) is 4.90 Å². The molecule has 0 saturated carbocycles. The van der Waals surface area contributed by atoms with E-state index in [-0.39, 0.29) is 47.5 Å². The van der Waals surface area contributed by atoms with Crippen LogP contribution in [-0.2, 0) is 4.74 Å². The average molecular weight is 539 g/mol. The summed E-state index contributed by atoms with van der Waals surface area (Å²) in [7, 11) is 3.72. The van der Waals surface area contributed by atoms with Crippen LogP contribution in [0.4, 0.5) is 19.4 Å². The zero-order chi connectivity index (χ0) is 27.1. The molecule has 1 amide bonds. The van der Waals surface area contributed by atoms with E-state index in [0.29, 0.717) is 49.0 Å². The average Bonchev–Trinajstić information content (AvgIpc) is 3.40. The third kappa shape index (κ3) is 5.72. The van der Waals surface area contributed by atoms with Crippen LogP contribution in [0.2, 0.25) is 5.15 Å². The van der Waals surface area contributed by atoms with Gasteiger partial charge in [0.1, 0.15) is 23.5 Å². The number of likely N-dealkylation sites (N-methyl/N-ethyl adjacent to an activating group) is 2. The van der Waals surface area contributed by atoms with Crippen LogP contribution in [0.1, 0.15) is 40.5 Å². The van der Waals surface area contributed by atoms with Gasteiger partial charge in [-0.2, -0.15) is 9.97 Å². The van der Waals surface area contributed by atoms with Crippen molar-refractivity contribution in [2.45, 2.75) is 64.3 Å². The van der Waals surface area contributed by atoms with Gasteiger partial charge in [-0.25, -0.2) is 18.6 Å². The Morgan fingerprint density at radius 1 is 1.35 bits per heavy atom. The predicted octanol–water partition coefficient (Wildman–Crippen LogP) is 4.59. The van der Waals surface area contributed by atoms with Crippen molar-refractivity contribution in [1.82, 2.24) is 24.8 Å². The highest BCUT2D eigenvalue weighted by atomic mass is 35.5. The van der Waals surface area contributed by atoms with Crippen LogP contribution in [0.5, 0.6) is 6.01 Å². The molecule has 12 heteroatoms. The molecule has 0 spiro atoms. The van der Waals surface area contributed by atoms with Gasteiger partial charge in [0.15, 0.2) is 11.0 Å². The lowest BCUT2D eigenvalue weighted by Gasteiger charge is -2.33. The van der Waals surface area contributed by atoms with Gasteiger partial charge in [0.2, 0.25) is 0 Å². The maximum absolute atomic E-state index is 15.0. The predicted molar refractivity (Wildman–Crippen MR) is 137 cm³/mol. The van der Waals surface area contributed by atoms with Crippen molar-refractivity contribution in [2.24, 2.45) is 0 Å². The SMILES string of the molecule is C[C@@H]1[C@H](N(C)c2nc(OC[C@H]3C/C(=C\F)CN3C)nc3c(F)c(Cl)ncc23)CCN1C(=O)OC(C)(C)C. The topological polar surface area (TPSA) is 83.9 Å². The van der Waals surface area contributed by atoms with Gasteiger partial charge in [-0.1, -0.05) is 11.6 Å². The van der Waals surface area contributed by atoms with Gasteiger partial charge in [0.25, 0.3) is 0 Å². The first kappa shape index (κ1) is 27.3. The zero-order valence-electron chi connectivity index (χ0n) is 22.0. The molecule has 0 radical (unpaired) electrons. The number of nitrogens with zero attached hydrogens (tertiary/aromatic N) is 6. The highest BCUT2D eigenvalue weighted by Gasteiger charge is 2.39. The van der Waals surface area contributed by atoms with Gasteiger partial charge in [0, 0.05) is 32.4 Å². The summed E-state index contributed by atoms with van der Waals surface area (Å²) in [6.45, 7) is 8.65. The zero-order valence-corrected chi connectivity index (χ0v) is 22.7. The molecule has 2 aromatic rings. The molecule has 3 atom stereocenters.